The molecular weight excluding hydrogens is 361 g/mol. The third kappa shape index (κ3) is 18.0. The van der Waals surface area contributed by atoms with Gasteiger partial charge in [0, 0.05) is 11.8 Å². The van der Waals surface area contributed by atoms with E-state index in [2.05, 4.69) is 0 Å². The Hall–Kier alpha value is 2.04. The van der Waals surface area contributed by atoms with Gasteiger partial charge >= 0.3 is 0 Å². The van der Waals surface area contributed by atoms with Crippen LogP contribution in [0.3, 0.4) is 0 Å². The van der Waals surface area contributed by atoms with Gasteiger partial charge in [-0.05, 0) is 6.42 Å². The van der Waals surface area contributed by atoms with Crippen molar-refractivity contribution >= 4 is 71.2 Å². The second-order valence-corrected chi connectivity index (χ2v) is 1.49. The lowest BCUT2D eigenvalue weighted by molar-refractivity contribution is 1.11. The van der Waals surface area contributed by atoms with E-state index < -0.39 is 0 Å². The monoisotopic (exact) mass is 368 g/mol. The van der Waals surface area contributed by atoms with Crippen molar-refractivity contribution in [1.82, 2.24) is 0 Å². The Labute approximate surface area is 88.4 Å². The van der Waals surface area contributed by atoms with Gasteiger partial charge in [-0.1, -0.05) is 0 Å². The Morgan fingerprint density at radius 1 is 0.857 bits per heavy atom. The zero-order valence-corrected chi connectivity index (χ0v) is 9.87. The van der Waals surface area contributed by atoms with E-state index in [4.69, 9.17) is 23.2 Å². The van der Waals surface area contributed by atoms with Crippen molar-refractivity contribution in [2.75, 3.05) is 11.8 Å². The maximum absolute atomic E-state index is 5.22. The van der Waals surface area contributed by atoms with Crippen molar-refractivity contribution < 1.29 is 0 Å². The van der Waals surface area contributed by atoms with E-state index in [0.717, 1.165) is 6.42 Å². The predicted molar refractivity (Wildman–Crippen MR) is 56.9 cm³/mol. The van der Waals surface area contributed by atoms with Gasteiger partial charge in [-0.15, -0.1) is 71.2 Å². The van der Waals surface area contributed by atoms with Crippen LogP contribution in [-0.4, -0.2) is 11.8 Å². The van der Waals surface area contributed by atoms with Crippen molar-refractivity contribution in [3.05, 3.63) is 0 Å². The van der Waals surface area contributed by atoms with Gasteiger partial charge in [0.05, 0.1) is 0 Å². The summed E-state index contributed by atoms with van der Waals surface area (Å²) in [5, 5.41) is 0. The third-order valence-electron chi connectivity index (χ3n) is 0.267. The van der Waals surface area contributed by atoms with Gasteiger partial charge in [-0.2, -0.15) is 0 Å². The smallest absolute Gasteiger partial charge is 0.0234 e. The Morgan fingerprint density at radius 2 is 1.14 bits per heavy atom. The first-order valence-electron chi connectivity index (χ1n) is 1.53. The number of alkyl halides is 2. The van der Waals surface area contributed by atoms with Crippen LogP contribution in [0.25, 0.3) is 0 Å². The normalized spacial score (nSPS) is 6.00. The van der Waals surface area contributed by atoms with Gasteiger partial charge in [-0.25, -0.2) is 0 Å². The summed E-state index contributed by atoms with van der Waals surface area (Å²) in [5.41, 5.74) is 0. The minimum Gasteiger partial charge on any atom is -0.127 e. The van der Waals surface area contributed by atoms with Crippen LogP contribution < -0.4 is 0 Å². The molecule has 0 aliphatic heterocycles. The average Bonchev–Trinajstić information content (AvgIpc) is 1.41. The average molecular weight is 369 g/mol. The lowest BCUT2D eigenvalue weighted by Crippen LogP contribution is -1.70. The molecule has 0 aromatic carbocycles. The minimum absolute atomic E-state index is 0. The molecule has 0 rings (SSSR count). The lowest BCUT2D eigenvalue weighted by Gasteiger charge is -1.75. The Morgan fingerprint density at radius 3 is 1.14 bits per heavy atom. The molecule has 0 aliphatic carbocycles. The molecule has 0 heterocycles. The molecule has 0 N–H and O–H groups in total. The summed E-state index contributed by atoms with van der Waals surface area (Å²) in [5.74, 6) is 1.37. The Balaban J connectivity index is -0.0000000800. The molecule has 0 unspecified atom stereocenters. The standard InChI is InChI=1S/C3H6Cl2.2HI/c4-2-1-3-5;;/h1-3H2;2*1H. The van der Waals surface area contributed by atoms with E-state index in [0.29, 0.717) is 11.8 Å². The van der Waals surface area contributed by atoms with Crippen LogP contribution >= 0.6 is 71.2 Å². The van der Waals surface area contributed by atoms with Crippen LogP contribution in [0.2, 0.25) is 0 Å². The molecule has 0 atom stereocenters. The maximum Gasteiger partial charge on any atom is 0.0234 e. The number of halogens is 4. The largest absolute Gasteiger partial charge is 0.127 e. The highest BCUT2D eigenvalue weighted by Gasteiger charge is 1.72. The van der Waals surface area contributed by atoms with Crippen molar-refractivity contribution in [2.45, 2.75) is 6.42 Å². The van der Waals surface area contributed by atoms with Gasteiger partial charge in [0.2, 0.25) is 0 Å². The molecule has 7 heavy (non-hydrogen) atoms. The highest BCUT2D eigenvalue weighted by molar-refractivity contribution is 14.0. The summed E-state index contributed by atoms with van der Waals surface area (Å²) in [6.45, 7) is 0. The van der Waals surface area contributed by atoms with E-state index in [9.17, 15) is 0 Å². The second-order valence-electron chi connectivity index (χ2n) is 0.732. The first-order valence-corrected chi connectivity index (χ1v) is 2.60. The minimum atomic E-state index is 0. The molecule has 0 aromatic heterocycles. The fourth-order valence-electron chi connectivity index (χ4n) is 0.0505. The van der Waals surface area contributed by atoms with E-state index in [1.54, 1.807) is 0 Å². The molecule has 4 heteroatoms. The van der Waals surface area contributed by atoms with Crippen molar-refractivity contribution in [3.8, 4) is 0 Å². The van der Waals surface area contributed by atoms with Crippen LogP contribution in [0.1, 0.15) is 6.42 Å². The number of hydrogen-bond acceptors (Lipinski definition) is 0. The van der Waals surface area contributed by atoms with Gasteiger partial charge in [0.25, 0.3) is 0 Å². The Bertz CT molecular complexity index is 18.4. The molecule has 0 bridgehead atoms. The van der Waals surface area contributed by atoms with Crippen LogP contribution in [0, 0.1) is 0 Å². The quantitative estimate of drug-likeness (QED) is 0.519. The summed E-state index contributed by atoms with van der Waals surface area (Å²) >= 11 is 10.4. The fraction of sp³-hybridized carbons (Fsp3) is 1.00. The Kier molecular flexibility index (Phi) is 35.9. The van der Waals surface area contributed by atoms with E-state index in [-0.39, 0.29) is 48.0 Å². The molecule has 0 aliphatic rings. The molecule has 0 nitrogen and oxygen atoms in total. The van der Waals surface area contributed by atoms with Gasteiger partial charge in [0.1, 0.15) is 0 Å². The second kappa shape index (κ2) is 15.7. The van der Waals surface area contributed by atoms with Crippen LogP contribution in [0.15, 0.2) is 0 Å². The topological polar surface area (TPSA) is 0 Å². The number of rotatable bonds is 2. The predicted octanol–water partition coefficient (Wildman–Crippen LogP) is 3.09. The fourth-order valence-corrected chi connectivity index (χ4v) is 0.455. The number of hydrogen-bond donors (Lipinski definition) is 0. The SMILES string of the molecule is ClCCCCl.I.I. The molecule has 0 spiro atoms. The molecule has 0 fully saturated rings. The van der Waals surface area contributed by atoms with E-state index >= 15 is 0 Å². The van der Waals surface area contributed by atoms with Gasteiger partial charge in [0.15, 0.2) is 0 Å². The summed E-state index contributed by atoms with van der Waals surface area (Å²) in [6.07, 6.45) is 0.920. The molecular formula is C3H8Cl2I2. The van der Waals surface area contributed by atoms with Crippen LogP contribution in [-0.2, 0) is 0 Å². The van der Waals surface area contributed by atoms with Crippen molar-refractivity contribution in [3.63, 3.8) is 0 Å². The highest BCUT2D eigenvalue weighted by Crippen LogP contribution is 1.84. The molecule has 0 saturated carbocycles. The zero-order chi connectivity index (χ0) is 4.12. The van der Waals surface area contributed by atoms with E-state index in [1.165, 1.54) is 0 Å². The van der Waals surface area contributed by atoms with Crippen LogP contribution in [0.5, 0.6) is 0 Å². The molecule has 0 amide bonds. The lowest BCUT2D eigenvalue weighted by atomic mass is 10.6. The molecule has 0 radical (unpaired) electrons. The summed E-state index contributed by atoms with van der Waals surface area (Å²) < 4.78 is 0. The maximum atomic E-state index is 5.22. The summed E-state index contributed by atoms with van der Waals surface area (Å²) in [6, 6.07) is 0. The summed E-state index contributed by atoms with van der Waals surface area (Å²) in [4.78, 5) is 0. The summed E-state index contributed by atoms with van der Waals surface area (Å²) in [7, 11) is 0. The third-order valence-corrected chi connectivity index (χ3v) is 0.802. The van der Waals surface area contributed by atoms with Crippen LogP contribution in [0.4, 0.5) is 0 Å². The zero-order valence-electron chi connectivity index (χ0n) is 3.69. The molecule has 0 aromatic rings. The van der Waals surface area contributed by atoms with Crippen molar-refractivity contribution in [1.29, 1.82) is 0 Å². The van der Waals surface area contributed by atoms with Crippen molar-refractivity contribution in [2.24, 2.45) is 0 Å². The van der Waals surface area contributed by atoms with E-state index in [1.807, 2.05) is 0 Å². The first-order chi connectivity index (χ1) is 2.41. The molecule has 48 valence electrons. The first kappa shape index (κ1) is 16.0. The van der Waals surface area contributed by atoms with Gasteiger partial charge in [-0.3, -0.25) is 0 Å². The van der Waals surface area contributed by atoms with Gasteiger partial charge < -0.3 is 0 Å². The molecule has 0 saturated heterocycles. The highest BCUT2D eigenvalue weighted by atomic mass is 127.